The predicted octanol–water partition coefficient (Wildman–Crippen LogP) is 3.72. The number of hydrogen-bond donors (Lipinski definition) is 3. The third-order valence-electron chi connectivity index (χ3n) is 6.89. The van der Waals surface area contributed by atoms with Gasteiger partial charge < -0.3 is 10.6 Å². The van der Waals surface area contributed by atoms with E-state index in [0.717, 1.165) is 49.1 Å². The van der Waals surface area contributed by atoms with Crippen molar-refractivity contribution in [2.75, 3.05) is 30.1 Å². The first kappa shape index (κ1) is 23.9. The molecule has 3 atom stereocenters. The molecule has 5 rings (SSSR count). The SMILES string of the molecule is Cc1cc(Nc2cc3nc(CS(C)(=O)=O)ccc3c(NC3C[C@H]4CC[C@@H](C3)N4CCCF)n2)n[nH]1. The van der Waals surface area contributed by atoms with E-state index < -0.39 is 9.84 Å². The van der Waals surface area contributed by atoms with Gasteiger partial charge in [-0.05, 0) is 51.2 Å². The van der Waals surface area contributed by atoms with E-state index in [0.29, 0.717) is 41.4 Å². The zero-order valence-electron chi connectivity index (χ0n) is 20.1. The van der Waals surface area contributed by atoms with Crippen molar-refractivity contribution in [3.8, 4) is 0 Å². The number of fused-ring (bicyclic) bond motifs is 3. The van der Waals surface area contributed by atoms with Crippen LogP contribution in [0.2, 0.25) is 0 Å². The van der Waals surface area contributed by atoms with Crippen LogP contribution in [0.3, 0.4) is 0 Å². The summed E-state index contributed by atoms with van der Waals surface area (Å²) in [4.78, 5) is 12.0. The number of sulfone groups is 1. The highest BCUT2D eigenvalue weighted by molar-refractivity contribution is 7.89. The Balaban J connectivity index is 1.44. The van der Waals surface area contributed by atoms with Crippen LogP contribution in [0.5, 0.6) is 0 Å². The van der Waals surface area contributed by atoms with Crippen LogP contribution >= 0.6 is 0 Å². The Bertz CT molecular complexity index is 1300. The Morgan fingerprint density at radius 2 is 1.91 bits per heavy atom. The molecule has 5 heterocycles. The molecule has 188 valence electrons. The van der Waals surface area contributed by atoms with E-state index >= 15 is 0 Å². The fourth-order valence-electron chi connectivity index (χ4n) is 5.50. The van der Waals surface area contributed by atoms with Crippen LogP contribution < -0.4 is 10.6 Å². The Morgan fingerprint density at radius 3 is 2.57 bits per heavy atom. The molecule has 2 saturated heterocycles. The molecule has 2 aliphatic rings. The number of anilines is 3. The summed E-state index contributed by atoms with van der Waals surface area (Å²) >= 11 is 0. The fraction of sp³-hybridized carbons (Fsp3) is 0.542. The maximum Gasteiger partial charge on any atom is 0.153 e. The molecule has 3 aromatic rings. The van der Waals surface area contributed by atoms with Crippen molar-refractivity contribution >= 4 is 38.2 Å². The van der Waals surface area contributed by atoms with E-state index in [1.54, 1.807) is 6.07 Å². The number of pyridine rings is 2. The van der Waals surface area contributed by atoms with Crippen molar-refractivity contribution in [3.05, 3.63) is 35.7 Å². The molecule has 0 aliphatic carbocycles. The molecule has 0 saturated carbocycles. The lowest BCUT2D eigenvalue weighted by molar-refractivity contribution is 0.128. The van der Waals surface area contributed by atoms with Gasteiger partial charge in [-0.25, -0.2) is 13.4 Å². The highest BCUT2D eigenvalue weighted by Gasteiger charge is 2.40. The number of piperidine rings is 1. The molecule has 0 radical (unpaired) electrons. The lowest BCUT2D eigenvalue weighted by Crippen LogP contribution is -2.47. The quantitative estimate of drug-likeness (QED) is 0.406. The molecule has 9 nitrogen and oxygen atoms in total. The van der Waals surface area contributed by atoms with E-state index in [4.69, 9.17) is 4.98 Å². The van der Waals surface area contributed by atoms with Crippen molar-refractivity contribution in [2.24, 2.45) is 0 Å². The van der Waals surface area contributed by atoms with Gasteiger partial charge in [0, 0.05) is 54.1 Å². The van der Waals surface area contributed by atoms with Gasteiger partial charge in [-0.2, -0.15) is 5.10 Å². The highest BCUT2D eigenvalue weighted by Crippen LogP contribution is 2.37. The number of aryl methyl sites for hydroxylation is 1. The largest absolute Gasteiger partial charge is 0.367 e. The number of hydrogen-bond acceptors (Lipinski definition) is 8. The van der Waals surface area contributed by atoms with Gasteiger partial charge in [-0.15, -0.1) is 0 Å². The van der Waals surface area contributed by atoms with Crippen molar-refractivity contribution in [3.63, 3.8) is 0 Å². The zero-order chi connectivity index (χ0) is 24.6. The first-order valence-electron chi connectivity index (χ1n) is 12.1. The number of aromatic amines is 1. The molecular formula is C24H32FN7O2S. The minimum Gasteiger partial charge on any atom is -0.367 e. The first-order valence-corrected chi connectivity index (χ1v) is 14.2. The molecule has 0 spiro atoms. The summed E-state index contributed by atoms with van der Waals surface area (Å²) in [5.41, 5.74) is 2.09. The Hall–Kier alpha value is -2.79. The molecular weight excluding hydrogens is 469 g/mol. The molecule has 2 aliphatic heterocycles. The molecule has 3 aromatic heterocycles. The monoisotopic (exact) mass is 501 g/mol. The number of rotatable bonds is 9. The average molecular weight is 502 g/mol. The number of alkyl halides is 1. The van der Waals surface area contributed by atoms with Crippen molar-refractivity contribution in [1.82, 2.24) is 25.1 Å². The topological polar surface area (TPSA) is 116 Å². The molecule has 0 aromatic carbocycles. The Labute approximate surface area is 204 Å². The van der Waals surface area contributed by atoms with Gasteiger partial charge in [0.1, 0.15) is 11.6 Å². The minimum absolute atomic E-state index is 0.115. The number of nitrogens with one attached hydrogen (secondary N) is 3. The second kappa shape index (κ2) is 9.69. The second-order valence-corrected chi connectivity index (χ2v) is 12.0. The number of aromatic nitrogens is 4. The molecule has 3 N–H and O–H groups in total. The standard InChI is InChI=1S/C24H32FN7O2S/c1-15-10-23(31-30-15)28-22-13-21-20(7-4-16(26-21)14-35(2,33)34)24(29-22)27-17-11-18-5-6-19(12-17)32(18)9-3-8-25/h4,7,10,13,17-19H,3,5-6,8-9,11-12,14H2,1-2H3,(H3,27,28,29,30,31)/t17?,18-,19+. The van der Waals surface area contributed by atoms with Gasteiger partial charge in [-0.3, -0.25) is 19.4 Å². The van der Waals surface area contributed by atoms with Gasteiger partial charge in [0.25, 0.3) is 0 Å². The van der Waals surface area contributed by atoms with E-state index in [-0.39, 0.29) is 18.5 Å². The van der Waals surface area contributed by atoms with Crippen LogP contribution in [-0.2, 0) is 15.6 Å². The van der Waals surface area contributed by atoms with E-state index in [1.807, 2.05) is 25.1 Å². The van der Waals surface area contributed by atoms with Crippen LogP contribution in [0.25, 0.3) is 10.9 Å². The predicted molar refractivity (Wildman–Crippen MR) is 135 cm³/mol. The molecule has 2 fully saturated rings. The van der Waals surface area contributed by atoms with E-state index in [2.05, 4.69) is 30.7 Å². The smallest absolute Gasteiger partial charge is 0.153 e. The van der Waals surface area contributed by atoms with Crippen LogP contribution in [0.1, 0.15) is 43.5 Å². The summed E-state index contributed by atoms with van der Waals surface area (Å²) < 4.78 is 36.4. The normalized spacial score (nSPS) is 22.5. The average Bonchev–Trinajstić information content (AvgIpc) is 3.29. The van der Waals surface area contributed by atoms with Gasteiger partial charge in [0.2, 0.25) is 0 Å². The highest BCUT2D eigenvalue weighted by atomic mass is 32.2. The first-order chi connectivity index (χ1) is 16.8. The summed E-state index contributed by atoms with van der Waals surface area (Å²) in [6, 6.07) is 8.55. The maximum atomic E-state index is 12.8. The van der Waals surface area contributed by atoms with Gasteiger partial charge >= 0.3 is 0 Å². The minimum atomic E-state index is -3.20. The Kier molecular flexibility index (Phi) is 6.63. The fourth-order valence-corrected chi connectivity index (χ4v) is 6.20. The van der Waals surface area contributed by atoms with E-state index in [9.17, 15) is 12.8 Å². The zero-order valence-corrected chi connectivity index (χ0v) is 20.9. The number of nitrogens with zero attached hydrogens (tertiary/aromatic N) is 4. The molecule has 0 amide bonds. The number of H-pyrrole nitrogens is 1. The molecule has 11 heteroatoms. The van der Waals surface area contributed by atoms with Crippen LogP contribution in [0.4, 0.5) is 21.8 Å². The summed E-state index contributed by atoms with van der Waals surface area (Å²) in [6.45, 7) is 2.48. The van der Waals surface area contributed by atoms with Crippen LogP contribution in [-0.4, -0.2) is 71.1 Å². The summed E-state index contributed by atoms with van der Waals surface area (Å²) in [5.74, 6) is 1.83. The molecule has 35 heavy (non-hydrogen) atoms. The van der Waals surface area contributed by atoms with E-state index in [1.165, 1.54) is 6.26 Å². The summed E-state index contributed by atoms with van der Waals surface area (Å²) in [5, 5.41) is 14.9. The maximum absolute atomic E-state index is 12.8. The summed E-state index contributed by atoms with van der Waals surface area (Å²) in [7, 11) is -3.20. The summed E-state index contributed by atoms with van der Waals surface area (Å²) in [6.07, 6.45) is 6.09. The van der Waals surface area contributed by atoms with Gasteiger partial charge in [0.15, 0.2) is 15.7 Å². The molecule has 1 unspecified atom stereocenters. The lowest BCUT2D eigenvalue weighted by atomic mass is 9.97. The third kappa shape index (κ3) is 5.56. The van der Waals surface area contributed by atoms with Crippen LogP contribution in [0, 0.1) is 6.92 Å². The third-order valence-corrected chi connectivity index (χ3v) is 7.71. The molecule has 2 bridgehead atoms. The van der Waals surface area contributed by atoms with Gasteiger partial charge in [-0.1, -0.05) is 0 Å². The Morgan fingerprint density at radius 1 is 1.14 bits per heavy atom. The van der Waals surface area contributed by atoms with Gasteiger partial charge in [0.05, 0.1) is 23.6 Å². The second-order valence-electron chi connectivity index (χ2n) is 9.83. The van der Waals surface area contributed by atoms with Crippen molar-refractivity contribution < 1.29 is 12.8 Å². The lowest BCUT2D eigenvalue weighted by Gasteiger charge is -2.39. The number of halogens is 1. The van der Waals surface area contributed by atoms with Crippen molar-refractivity contribution in [1.29, 1.82) is 0 Å². The van der Waals surface area contributed by atoms with Crippen molar-refractivity contribution in [2.45, 2.75) is 62.9 Å². The van der Waals surface area contributed by atoms with Crippen LogP contribution in [0.15, 0.2) is 24.3 Å².